The SMILES string of the molecule is c1cc(N2CCOCCOCCNCCOCCOCC2)ccc1N1CCOCCOCCNCCOCCOCC1. The van der Waals surface area contributed by atoms with Crippen LogP contribution in [0.15, 0.2) is 24.3 Å². The molecule has 12 nitrogen and oxygen atoms in total. The summed E-state index contributed by atoms with van der Waals surface area (Å²) in [4.78, 5) is 4.61. The molecule has 0 aliphatic carbocycles. The molecule has 1 aromatic carbocycles. The Morgan fingerprint density at radius 1 is 0.333 bits per heavy atom. The van der Waals surface area contributed by atoms with Gasteiger partial charge in [0.2, 0.25) is 0 Å². The van der Waals surface area contributed by atoms with Crippen molar-refractivity contribution >= 4 is 11.4 Å². The first-order valence-electron chi connectivity index (χ1n) is 15.6. The van der Waals surface area contributed by atoms with Crippen molar-refractivity contribution in [2.45, 2.75) is 0 Å². The molecule has 2 heterocycles. The summed E-state index contributed by atoms with van der Waals surface area (Å²) in [6.07, 6.45) is 0. The fraction of sp³-hybridized carbons (Fsp3) is 0.800. The van der Waals surface area contributed by atoms with Crippen LogP contribution in [-0.4, -0.2) is 158 Å². The van der Waals surface area contributed by atoms with Crippen LogP contribution in [0.3, 0.4) is 0 Å². The molecule has 0 atom stereocenters. The Morgan fingerprint density at radius 3 is 0.833 bits per heavy atom. The number of anilines is 2. The Morgan fingerprint density at radius 2 is 0.571 bits per heavy atom. The van der Waals surface area contributed by atoms with E-state index in [1.54, 1.807) is 0 Å². The lowest BCUT2D eigenvalue weighted by Gasteiger charge is -2.28. The van der Waals surface area contributed by atoms with Crippen LogP contribution < -0.4 is 20.4 Å². The Balaban J connectivity index is 1.52. The Labute approximate surface area is 252 Å². The third kappa shape index (κ3) is 16.9. The average Bonchev–Trinajstić information content (AvgIpc) is 3.01. The van der Waals surface area contributed by atoms with Gasteiger partial charge in [0.05, 0.1) is 106 Å². The number of nitrogens with one attached hydrogen (secondary N) is 2. The van der Waals surface area contributed by atoms with Gasteiger partial charge in [0.15, 0.2) is 0 Å². The van der Waals surface area contributed by atoms with Gasteiger partial charge in [0.25, 0.3) is 0 Å². The fourth-order valence-corrected chi connectivity index (χ4v) is 4.43. The number of nitrogens with zero attached hydrogens (tertiary/aromatic N) is 2. The molecule has 0 aromatic heterocycles. The molecule has 2 aliphatic heterocycles. The van der Waals surface area contributed by atoms with Gasteiger partial charge in [-0.3, -0.25) is 0 Å². The molecule has 0 unspecified atom stereocenters. The Kier molecular flexibility index (Phi) is 20.6. The smallest absolute Gasteiger partial charge is 0.0701 e. The molecule has 1 aromatic rings. The summed E-state index contributed by atoms with van der Waals surface area (Å²) in [5.74, 6) is 0. The lowest BCUT2D eigenvalue weighted by atomic mass is 10.2. The highest BCUT2D eigenvalue weighted by Gasteiger charge is 2.11. The van der Waals surface area contributed by atoms with E-state index in [2.05, 4.69) is 44.7 Å². The van der Waals surface area contributed by atoms with Crippen molar-refractivity contribution in [2.75, 3.05) is 168 Å². The molecule has 2 fully saturated rings. The van der Waals surface area contributed by atoms with Gasteiger partial charge in [-0.25, -0.2) is 0 Å². The largest absolute Gasteiger partial charge is 0.378 e. The van der Waals surface area contributed by atoms with Crippen LogP contribution >= 0.6 is 0 Å². The first-order valence-corrected chi connectivity index (χ1v) is 15.6. The molecular weight excluding hydrogens is 544 g/mol. The van der Waals surface area contributed by atoms with Crippen LogP contribution in [0.2, 0.25) is 0 Å². The predicted molar refractivity (Wildman–Crippen MR) is 163 cm³/mol. The highest BCUT2D eigenvalue weighted by atomic mass is 16.5. The second-order valence-corrected chi connectivity index (χ2v) is 9.89. The van der Waals surface area contributed by atoms with Crippen molar-refractivity contribution in [3.8, 4) is 0 Å². The highest BCUT2D eigenvalue weighted by molar-refractivity contribution is 5.56. The third-order valence-electron chi connectivity index (χ3n) is 6.78. The first kappa shape index (κ1) is 34.9. The molecule has 2 N–H and O–H groups in total. The number of hydrogen-bond acceptors (Lipinski definition) is 12. The molecule has 2 saturated heterocycles. The number of ether oxygens (including phenoxy) is 8. The Bertz CT molecular complexity index is 652. The van der Waals surface area contributed by atoms with Crippen molar-refractivity contribution in [1.29, 1.82) is 0 Å². The van der Waals surface area contributed by atoms with Crippen LogP contribution in [0.5, 0.6) is 0 Å². The van der Waals surface area contributed by atoms with Gasteiger partial charge in [0, 0.05) is 63.7 Å². The molecule has 42 heavy (non-hydrogen) atoms. The highest BCUT2D eigenvalue weighted by Crippen LogP contribution is 2.21. The van der Waals surface area contributed by atoms with Crippen LogP contribution in [0, 0.1) is 0 Å². The molecule has 3 rings (SSSR count). The second-order valence-electron chi connectivity index (χ2n) is 9.89. The van der Waals surface area contributed by atoms with Crippen molar-refractivity contribution in [1.82, 2.24) is 10.6 Å². The van der Waals surface area contributed by atoms with E-state index >= 15 is 0 Å². The number of hydrogen-bond donors (Lipinski definition) is 2. The van der Waals surface area contributed by atoms with E-state index in [-0.39, 0.29) is 0 Å². The summed E-state index contributed by atoms with van der Waals surface area (Å²) < 4.78 is 46.0. The summed E-state index contributed by atoms with van der Waals surface area (Å²) in [6, 6.07) is 8.68. The van der Waals surface area contributed by atoms with Crippen molar-refractivity contribution in [2.24, 2.45) is 0 Å². The van der Waals surface area contributed by atoms with Crippen LogP contribution in [0.4, 0.5) is 11.4 Å². The molecule has 0 amide bonds. The molecule has 0 saturated carbocycles. The lowest BCUT2D eigenvalue weighted by Crippen LogP contribution is -2.33. The van der Waals surface area contributed by atoms with Gasteiger partial charge in [-0.2, -0.15) is 0 Å². The van der Waals surface area contributed by atoms with E-state index in [4.69, 9.17) is 37.9 Å². The van der Waals surface area contributed by atoms with E-state index < -0.39 is 0 Å². The summed E-state index contributed by atoms with van der Waals surface area (Å²) in [5.41, 5.74) is 2.27. The minimum Gasteiger partial charge on any atom is -0.378 e. The minimum atomic E-state index is 0.584. The molecule has 12 heteroatoms. The van der Waals surface area contributed by atoms with Gasteiger partial charge < -0.3 is 58.3 Å². The predicted octanol–water partition coefficient (Wildman–Crippen LogP) is 0.639. The standard InChI is InChI=1S/C30H54N4O8/c1-2-30(34-11-19-41-27-23-37-15-7-32-8-16-38-24-28-42-20-12-34)4-3-29(1)33-9-17-39-25-21-35-13-5-31-6-14-36-22-26-40-18-10-33/h1-4,31-32H,5-28H2. The zero-order chi connectivity index (χ0) is 29.2. The van der Waals surface area contributed by atoms with E-state index in [0.717, 1.165) is 63.7 Å². The van der Waals surface area contributed by atoms with Gasteiger partial charge in [-0.05, 0) is 24.3 Å². The summed E-state index contributed by atoms with van der Waals surface area (Å²) in [6.45, 7) is 16.2. The van der Waals surface area contributed by atoms with Crippen molar-refractivity contribution in [3.05, 3.63) is 24.3 Å². The maximum atomic E-state index is 5.86. The number of benzene rings is 1. The molecule has 242 valence electrons. The van der Waals surface area contributed by atoms with Crippen LogP contribution in [-0.2, 0) is 37.9 Å². The second kappa shape index (κ2) is 24.8. The summed E-state index contributed by atoms with van der Waals surface area (Å²) in [7, 11) is 0. The topological polar surface area (TPSA) is 104 Å². The van der Waals surface area contributed by atoms with E-state index in [1.165, 1.54) is 0 Å². The Hall–Kier alpha value is -1.58. The fourth-order valence-electron chi connectivity index (χ4n) is 4.43. The van der Waals surface area contributed by atoms with Gasteiger partial charge in [0.1, 0.15) is 0 Å². The molecule has 0 bridgehead atoms. The minimum absolute atomic E-state index is 0.584. The molecular formula is C30H54N4O8. The van der Waals surface area contributed by atoms with Gasteiger partial charge >= 0.3 is 0 Å². The maximum absolute atomic E-state index is 5.86. The maximum Gasteiger partial charge on any atom is 0.0701 e. The zero-order valence-electron chi connectivity index (χ0n) is 25.4. The van der Waals surface area contributed by atoms with Crippen LogP contribution in [0.1, 0.15) is 0 Å². The van der Waals surface area contributed by atoms with E-state index in [9.17, 15) is 0 Å². The first-order chi connectivity index (χ1) is 20.9. The normalized spacial score (nSPS) is 22.8. The summed E-state index contributed by atoms with van der Waals surface area (Å²) >= 11 is 0. The van der Waals surface area contributed by atoms with Gasteiger partial charge in [-0.1, -0.05) is 0 Å². The third-order valence-corrected chi connectivity index (χ3v) is 6.78. The molecule has 0 spiro atoms. The average molecular weight is 599 g/mol. The van der Waals surface area contributed by atoms with Crippen LogP contribution in [0.25, 0.3) is 0 Å². The van der Waals surface area contributed by atoms with Gasteiger partial charge in [-0.15, -0.1) is 0 Å². The lowest BCUT2D eigenvalue weighted by molar-refractivity contribution is 0.0408. The zero-order valence-corrected chi connectivity index (χ0v) is 25.4. The van der Waals surface area contributed by atoms with Crippen molar-refractivity contribution < 1.29 is 37.9 Å². The monoisotopic (exact) mass is 598 g/mol. The summed E-state index contributed by atoms with van der Waals surface area (Å²) in [5, 5.41) is 6.60. The molecule has 0 radical (unpaired) electrons. The molecule has 2 aliphatic rings. The quantitative estimate of drug-likeness (QED) is 0.499. The number of rotatable bonds is 2. The van der Waals surface area contributed by atoms with E-state index in [0.29, 0.717) is 106 Å². The van der Waals surface area contributed by atoms with Crippen molar-refractivity contribution in [3.63, 3.8) is 0 Å². The van der Waals surface area contributed by atoms with E-state index in [1.807, 2.05) is 0 Å².